The van der Waals surface area contributed by atoms with E-state index in [1.54, 1.807) is 24.3 Å². The van der Waals surface area contributed by atoms with Crippen molar-refractivity contribution >= 4 is 19.4 Å². The smallest absolute Gasteiger partial charge is 0.324 e. The molecular weight excluding hydrogens is 269 g/mol. The lowest BCUT2D eigenvalue weighted by Gasteiger charge is -2.22. The van der Waals surface area contributed by atoms with E-state index in [1.807, 2.05) is 6.07 Å². The Balaban J connectivity index is 2.02. The number of amides is 1. The van der Waals surface area contributed by atoms with Gasteiger partial charge in [-0.1, -0.05) is 18.2 Å². The first kappa shape index (κ1) is 14.2. The Morgan fingerprint density at radius 3 is 2.79 bits per heavy atom. The molecule has 0 saturated carbocycles. The van der Waals surface area contributed by atoms with Gasteiger partial charge < -0.3 is 10.2 Å². The number of hydrogen-bond donors (Lipinski definition) is 2. The molecule has 1 aromatic rings. The highest BCUT2D eigenvalue weighted by Gasteiger charge is 2.32. The molecule has 0 spiro atoms. The molecule has 2 unspecified atom stereocenters. The first-order valence-electron chi connectivity index (χ1n) is 6.08. The molecule has 1 aromatic carbocycles. The summed E-state index contributed by atoms with van der Waals surface area (Å²) in [6.45, 7) is 0.167. The van der Waals surface area contributed by atoms with Crippen molar-refractivity contribution in [2.75, 3.05) is 11.9 Å². The van der Waals surface area contributed by atoms with Crippen LogP contribution < -0.4 is 5.32 Å². The van der Waals surface area contributed by atoms with Gasteiger partial charge >= 0.3 is 7.82 Å². The summed E-state index contributed by atoms with van der Waals surface area (Å²) in [6, 6.07) is 8.87. The molecular formula is C12H16NO5P. The van der Waals surface area contributed by atoms with Crippen molar-refractivity contribution in [3.05, 3.63) is 30.3 Å². The minimum Gasteiger partial charge on any atom is -0.324 e. The Kier molecular flexibility index (Phi) is 4.71. The number of nitrogens with one attached hydrogen (secondary N) is 1. The number of rotatable bonds is 2. The van der Waals surface area contributed by atoms with E-state index in [2.05, 4.69) is 5.32 Å². The molecule has 1 amide bonds. The summed E-state index contributed by atoms with van der Waals surface area (Å²) in [5, 5.41) is 2.65. The molecule has 1 heterocycles. The van der Waals surface area contributed by atoms with Gasteiger partial charge in [0.2, 0.25) is 0 Å². The Labute approximate surface area is 111 Å². The lowest BCUT2D eigenvalue weighted by atomic mass is 10.1. The van der Waals surface area contributed by atoms with Crippen molar-refractivity contribution in [2.45, 2.75) is 25.4 Å². The van der Waals surface area contributed by atoms with Crippen LogP contribution in [0.15, 0.2) is 30.3 Å². The normalized spacial score (nSPS) is 28.2. The average Bonchev–Trinajstić information content (AvgIpc) is 2.35. The van der Waals surface area contributed by atoms with Crippen LogP contribution in [0.4, 0.5) is 5.69 Å². The third-order valence-corrected chi connectivity index (χ3v) is 3.74. The molecule has 2 atom stereocenters. The molecule has 2 rings (SSSR count). The van der Waals surface area contributed by atoms with Gasteiger partial charge in [0.1, 0.15) is 6.10 Å². The Morgan fingerprint density at radius 2 is 2.05 bits per heavy atom. The van der Waals surface area contributed by atoms with E-state index in [0.29, 0.717) is 24.9 Å². The third-order valence-electron chi connectivity index (χ3n) is 2.71. The summed E-state index contributed by atoms with van der Waals surface area (Å²) in [7, 11) is -4.13. The van der Waals surface area contributed by atoms with Crippen LogP contribution in [0.2, 0.25) is 0 Å². The zero-order valence-corrected chi connectivity index (χ0v) is 11.2. The van der Waals surface area contributed by atoms with E-state index < -0.39 is 19.8 Å². The largest absolute Gasteiger partial charge is 0.472 e. The molecule has 6 nitrogen and oxygen atoms in total. The number of phosphoric acid groups is 1. The van der Waals surface area contributed by atoms with Gasteiger partial charge in [0.25, 0.3) is 5.91 Å². The summed E-state index contributed by atoms with van der Waals surface area (Å²) < 4.78 is 21.1. The van der Waals surface area contributed by atoms with E-state index in [-0.39, 0.29) is 6.61 Å². The first-order chi connectivity index (χ1) is 9.07. The highest BCUT2D eigenvalue weighted by Crippen LogP contribution is 2.46. The average molecular weight is 285 g/mol. The van der Waals surface area contributed by atoms with Crippen molar-refractivity contribution in [1.82, 2.24) is 0 Å². The lowest BCUT2D eigenvalue weighted by Crippen LogP contribution is -2.31. The first-order valence-corrected chi connectivity index (χ1v) is 7.58. The maximum atomic E-state index is 12.0. The maximum absolute atomic E-state index is 12.0. The van der Waals surface area contributed by atoms with Gasteiger partial charge in [0.15, 0.2) is 0 Å². The van der Waals surface area contributed by atoms with Crippen LogP contribution in [0, 0.1) is 0 Å². The molecule has 7 heteroatoms. The molecule has 1 aliphatic heterocycles. The fourth-order valence-corrected chi connectivity index (χ4v) is 2.72. The molecule has 1 aliphatic rings. The molecule has 1 fully saturated rings. The van der Waals surface area contributed by atoms with E-state index in [1.165, 1.54) is 0 Å². The number of carbonyl (C=O) groups excluding carboxylic acids is 1. The number of benzene rings is 1. The lowest BCUT2D eigenvalue weighted by molar-refractivity contribution is -0.124. The van der Waals surface area contributed by atoms with E-state index in [0.717, 1.165) is 0 Å². The molecule has 0 bridgehead atoms. The van der Waals surface area contributed by atoms with Crippen molar-refractivity contribution in [2.24, 2.45) is 0 Å². The van der Waals surface area contributed by atoms with E-state index in [9.17, 15) is 14.3 Å². The van der Waals surface area contributed by atoms with Gasteiger partial charge in [0.05, 0.1) is 6.61 Å². The van der Waals surface area contributed by atoms with Crippen LogP contribution in [-0.4, -0.2) is 23.5 Å². The third kappa shape index (κ3) is 4.44. The van der Waals surface area contributed by atoms with Crippen LogP contribution in [0.3, 0.4) is 0 Å². The van der Waals surface area contributed by atoms with Gasteiger partial charge in [-0.15, -0.1) is 0 Å². The molecule has 104 valence electrons. The fraction of sp³-hybridized carbons (Fsp3) is 0.417. The minimum absolute atomic E-state index is 0.167. The highest BCUT2D eigenvalue weighted by molar-refractivity contribution is 7.47. The number of carbonyl (C=O) groups is 1. The molecule has 0 aromatic heterocycles. The predicted molar refractivity (Wildman–Crippen MR) is 69.6 cm³/mol. The number of phosphoric ester groups is 1. The topological polar surface area (TPSA) is 84.9 Å². The second-order valence-electron chi connectivity index (χ2n) is 4.25. The minimum atomic E-state index is -4.13. The SMILES string of the molecule is O=C(Nc1ccccc1)C1CCCCOP(=O)(O)O1. The van der Waals surface area contributed by atoms with Gasteiger partial charge in [0, 0.05) is 5.69 Å². The highest BCUT2D eigenvalue weighted by atomic mass is 31.2. The van der Waals surface area contributed by atoms with Crippen molar-refractivity contribution in [1.29, 1.82) is 0 Å². The van der Waals surface area contributed by atoms with E-state index >= 15 is 0 Å². The van der Waals surface area contributed by atoms with Crippen LogP contribution >= 0.6 is 7.82 Å². The fourth-order valence-electron chi connectivity index (χ4n) is 1.78. The summed E-state index contributed by atoms with van der Waals surface area (Å²) >= 11 is 0. The summed E-state index contributed by atoms with van der Waals surface area (Å²) in [5.41, 5.74) is 0.617. The number of anilines is 1. The summed E-state index contributed by atoms with van der Waals surface area (Å²) in [4.78, 5) is 21.4. The number of para-hydroxylation sites is 1. The summed E-state index contributed by atoms with van der Waals surface area (Å²) in [6.07, 6.45) is 0.749. The van der Waals surface area contributed by atoms with Crippen molar-refractivity contribution in [3.8, 4) is 0 Å². The van der Waals surface area contributed by atoms with E-state index in [4.69, 9.17) is 9.05 Å². The van der Waals surface area contributed by atoms with Gasteiger partial charge in [-0.2, -0.15) is 0 Å². The molecule has 0 aliphatic carbocycles. The molecule has 0 radical (unpaired) electrons. The van der Waals surface area contributed by atoms with Crippen LogP contribution in [0.5, 0.6) is 0 Å². The summed E-state index contributed by atoms with van der Waals surface area (Å²) in [5.74, 6) is -0.439. The quantitative estimate of drug-likeness (QED) is 0.814. The Hall–Kier alpha value is -1.20. The standard InChI is InChI=1S/C12H16NO5P/c14-12(13-10-6-2-1-3-7-10)11-8-4-5-9-17-19(15,16)18-11/h1-3,6-7,11H,4-5,8-9H2,(H,13,14)(H,15,16). The number of hydrogen-bond acceptors (Lipinski definition) is 4. The van der Waals surface area contributed by atoms with Crippen molar-refractivity contribution in [3.63, 3.8) is 0 Å². The van der Waals surface area contributed by atoms with Crippen molar-refractivity contribution < 1.29 is 23.3 Å². The van der Waals surface area contributed by atoms with Crippen LogP contribution in [0.25, 0.3) is 0 Å². The second kappa shape index (κ2) is 6.30. The Morgan fingerprint density at radius 1 is 1.32 bits per heavy atom. The zero-order valence-electron chi connectivity index (χ0n) is 10.3. The van der Waals surface area contributed by atoms with Crippen LogP contribution in [-0.2, 0) is 18.4 Å². The molecule has 1 saturated heterocycles. The van der Waals surface area contributed by atoms with Gasteiger partial charge in [-0.25, -0.2) is 4.57 Å². The maximum Gasteiger partial charge on any atom is 0.472 e. The van der Waals surface area contributed by atoms with Gasteiger partial charge in [-0.05, 0) is 31.4 Å². The zero-order chi connectivity index (χ0) is 13.7. The monoisotopic (exact) mass is 285 g/mol. The Bertz CT molecular complexity index is 478. The van der Waals surface area contributed by atoms with Gasteiger partial charge in [-0.3, -0.25) is 13.8 Å². The predicted octanol–water partition coefficient (Wildman–Crippen LogP) is 2.31. The van der Waals surface area contributed by atoms with Crippen LogP contribution in [0.1, 0.15) is 19.3 Å². The molecule has 19 heavy (non-hydrogen) atoms. The molecule has 2 N–H and O–H groups in total. The second-order valence-corrected chi connectivity index (χ2v) is 5.65.